The highest BCUT2D eigenvalue weighted by Crippen LogP contribution is 2.33. The van der Waals surface area contributed by atoms with Crippen LogP contribution in [0.15, 0.2) is 103 Å². The van der Waals surface area contributed by atoms with Crippen LogP contribution < -0.4 is 0 Å². The third kappa shape index (κ3) is 5.41. The molecule has 0 unspecified atom stereocenters. The van der Waals surface area contributed by atoms with Crippen molar-refractivity contribution in [3.8, 4) is 22.4 Å². The standard InChI is InChI=1S/C30H19N3O7/c34-29(21-8-13-24(14-9-21)33(38)39)18-40-30(35)22-10-15-27-26(16-22)25(19-4-2-1-3-5-19)17-28(31-27)20-6-11-23(12-7-20)32(36)37/h1-17H,18H2. The van der Waals surface area contributed by atoms with Gasteiger partial charge in [-0.2, -0.15) is 0 Å². The van der Waals surface area contributed by atoms with Gasteiger partial charge in [0, 0.05) is 40.8 Å². The van der Waals surface area contributed by atoms with Crippen molar-refractivity contribution in [3.63, 3.8) is 0 Å². The van der Waals surface area contributed by atoms with Gasteiger partial charge in [0.05, 0.1) is 26.6 Å². The Hall–Kier alpha value is -5.77. The van der Waals surface area contributed by atoms with Gasteiger partial charge in [-0.25, -0.2) is 9.78 Å². The first-order chi connectivity index (χ1) is 19.3. The molecule has 40 heavy (non-hydrogen) atoms. The second-order valence-electron chi connectivity index (χ2n) is 8.76. The Morgan fingerprint density at radius 3 is 1.93 bits per heavy atom. The van der Waals surface area contributed by atoms with Crippen LogP contribution in [0, 0.1) is 20.2 Å². The van der Waals surface area contributed by atoms with Crippen LogP contribution in [-0.4, -0.2) is 33.2 Å². The van der Waals surface area contributed by atoms with Crippen LogP contribution >= 0.6 is 0 Å². The number of carbonyl (C=O) groups excluding carboxylic acids is 2. The quantitative estimate of drug-likeness (QED) is 0.0961. The molecule has 196 valence electrons. The summed E-state index contributed by atoms with van der Waals surface area (Å²) in [5.74, 6) is -1.21. The van der Waals surface area contributed by atoms with Gasteiger partial charge in [-0.05, 0) is 59.7 Å². The van der Waals surface area contributed by atoms with Gasteiger partial charge in [0.25, 0.3) is 11.4 Å². The molecule has 0 amide bonds. The Balaban J connectivity index is 1.45. The first-order valence-corrected chi connectivity index (χ1v) is 12.0. The van der Waals surface area contributed by atoms with Crippen molar-refractivity contribution in [1.29, 1.82) is 0 Å². The predicted octanol–water partition coefficient (Wildman–Crippen LogP) is 6.42. The first kappa shape index (κ1) is 25.9. The second kappa shape index (κ2) is 10.9. The topological polar surface area (TPSA) is 143 Å². The van der Waals surface area contributed by atoms with Gasteiger partial charge >= 0.3 is 5.97 Å². The van der Waals surface area contributed by atoms with Crippen molar-refractivity contribution in [2.24, 2.45) is 0 Å². The minimum atomic E-state index is -0.712. The number of Topliss-reactive ketones (excluding diaryl/α,β-unsaturated/α-hetero) is 1. The molecule has 0 saturated heterocycles. The van der Waals surface area contributed by atoms with Crippen LogP contribution in [0.5, 0.6) is 0 Å². The molecule has 10 nitrogen and oxygen atoms in total. The minimum Gasteiger partial charge on any atom is -0.454 e. The Labute approximate surface area is 226 Å². The summed E-state index contributed by atoms with van der Waals surface area (Å²) in [5.41, 5.74) is 3.77. The normalized spacial score (nSPS) is 10.7. The lowest BCUT2D eigenvalue weighted by Crippen LogP contribution is -2.14. The Morgan fingerprint density at radius 2 is 1.30 bits per heavy atom. The smallest absolute Gasteiger partial charge is 0.338 e. The van der Waals surface area contributed by atoms with Crippen molar-refractivity contribution in [2.75, 3.05) is 6.61 Å². The molecule has 1 aromatic heterocycles. The molecule has 0 bridgehead atoms. The Kier molecular flexibility index (Phi) is 7.06. The number of carbonyl (C=O) groups is 2. The van der Waals surface area contributed by atoms with E-state index in [9.17, 15) is 29.8 Å². The van der Waals surface area contributed by atoms with E-state index in [0.717, 1.165) is 11.1 Å². The van der Waals surface area contributed by atoms with E-state index in [1.165, 1.54) is 36.4 Å². The van der Waals surface area contributed by atoms with E-state index in [-0.39, 0.29) is 22.5 Å². The molecule has 4 aromatic carbocycles. The van der Waals surface area contributed by atoms with Gasteiger partial charge in [-0.15, -0.1) is 0 Å². The highest BCUT2D eigenvalue weighted by Gasteiger charge is 2.17. The van der Waals surface area contributed by atoms with Crippen molar-refractivity contribution >= 4 is 34.0 Å². The average molecular weight is 533 g/mol. The summed E-state index contributed by atoms with van der Waals surface area (Å²) in [6, 6.07) is 27.3. The van der Waals surface area contributed by atoms with Crippen LogP contribution in [0.2, 0.25) is 0 Å². The Bertz CT molecular complexity index is 1770. The van der Waals surface area contributed by atoms with Gasteiger partial charge in [-0.3, -0.25) is 25.0 Å². The van der Waals surface area contributed by atoms with Gasteiger partial charge in [0.2, 0.25) is 0 Å². The summed E-state index contributed by atoms with van der Waals surface area (Å²) >= 11 is 0. The number of nitro groups is 2. The molecular weight excluding hydrogens is 514 g/mol. The molecule has 1 heterocycles. The third-order valence-corrected chi connectivity index (χ3v) is 6.24. The van der Waals surface area contributed by atoms with Crippen LogP contribution in [0.1, 0.15) is 20.7 Å². The maximum atomic E-state index is 12.9. The predicted molar refractivity (Wildman–Crippen MR) is 147 cm³/mol. The monoisotopic (exact) mass is 533 g/mol. The van der Waals surface area contributed by atoms with Crippen molar-refractivity contribution < 1.29 is 24.2 Å². The number of pyridine rings is 1. The van der Waals surface area contributed by atoms with Crippen molar-refractivity contribution in [1.82, 2.24) is 4.98 Å². The number of fused-ring (bicyclic) bond motifs is 1. The number of rotatable bonds is 8. The maximum Gasteiger partial charge on any atom is 0.338 e. The summed E-state index contributed by atoms with van der Waals surface area (Å²) in [6.07, 6.45) is 0. The van der Waals surface area contributed by atoms with Gasteiger partial charge in [0.15, 0.2) is 12.4 Å². The molecule has 0 aliphatic rings. The lowest BCUT2D eigenvalue weighted by atomic mass is 9.97. The molecule has 0 radical (unpaired) electrons. The SMILES string of the molecule is O=C(COC(=O)c1ccc2nc(-c3ccc([N+](=O)[O-])cc3)cc(-c3ccccc3)c2c1)c1ccc([N+](=O)[O-])cc1. The van der Waals surface area contributed by atoms with E-state index in [4.69, 9.17) is 9.72 Å². The summed E-state index contributed by atoms with van der Waals surface area (Å²) in [5, 5.41) is 22.5. The first-order valence-electron chi connectivity index (χ1n) is 12.0. The number of non-ortho nitro benzene ring substituents is 2. The molecule has 5 rings (SSSR count). The molecule has 0 spiro atoms. The second-order valence-corrected chi connectivity index (χ2v) is 8.76. The largest absolute Gasteiger partial charge is 0.454 e. The van der Waals surface area contributed by atoms with Gasteiger partial charge < -0.3 is 4.74 Å². The maximum absolute atomic E-state index is 12.9. The fraction of sp³-hybridized carbons (Fsp3) is 0.0333. The van der Waals surface area contributed by atoms with E-state index >= 15 is 0 Å². The molecule has 5 aromatic rings. The van der Waals surface area contributed by atoms with E-state index in [1.807, 2.05) is 36.4 Å². The molecule has 0 aliphatic heterocycles. The molecule has 10 heteroatoms. The van der Waals surface area contributed by atoms with E-state index in [1.54, 1.807) is 30.3 Å². The lowest BCUT2D eigenvalue weighted by Gasteiger charge is -2.12. The number of hydrogen-bond acceptors (Lipinski definition) is 8. The van der Waals surface area contributed by atoms with Crippen molar-refractivity contribution in [2.45, 2.75) is 0 Å². The number of hydrogen-bond donors (Lipinski definition) is 0. The van der Waals surface area contributed by atoms with E-state index in [2.05, 4.69) is 0 Å². The van der Waals surface area contributed by atoms with Crippen LogP contribution in [-0.2, 0) is 4.74 Å². The number of ketones is 1. The van der Waals surface area contributed by atoms with Gasteiger partial charge in [0.1, 0.15) is 0 Å². The summed E-state index contributed by atoms with van der Waals surface area (Å²) in [4.78, 5) is 50.8. The van der Waals surface area contributed by atoms with Crippen LogP contribution in [0.25, 0.3) is 33.3 Å². The zero-order valence-corrected chi connectivity index (χ0v) is 20.7. The van der Waals surface area contributed by atoms with Crippen LogP contribution in [0.3, 0.4) is 0 Å². The van der Waals surface area contributed by atoms with Crippen molar-refractivity contribution in [3.05, 3.63) is 134 Å². The number of aromatic nitrogens is 1. The minimum absolute atomic E-state index is 0.0250. The van der Waals surface area contributed by atoms with Crippen LogP contribution in [0.4, 0.5) is 11.4 Å². The Morgan fingerprint density at radius 1 is 0.700 bits per heavy atom. The fourth-order valence-electron chi connectivity index (χ4n) is 4.18. The van der Waals surface area contributed by atoms with Gasteiger partial charge in [-0.1, -0.05) is 30.3 Å². The molecule has 0 saturated carbocycles. The average Bonchev–Trinajstić information content (AvgIpc) is 2.99. The number of esters is 1. The molecule has 0 aliphatic carbocycles. The highest BCUT2D eigenvalue weighted by atomic mass is 16.6. The number of ether oxygens (including phenoxy) is 1. The lowest BCUT2D eigenvalue weighted by molar-refractivity contribution is -0.385. The molecular formula is C30H19N3O7. The summed E-state index contributed by atoms with van der Waals surface area (Å²) in [6.45, 7) is -0.530. The third-order valence-electron chi connectivity index (χ3n) is 6.24. The molecule has 0 N–H and O–H groups in total. The fourth-order valence-corrected chi connectivity index (χ4v) is 4.18. The molecule has 0 fully saturated rings. The highest BCUT2D eigenvalue weighted by molar-refractivity contribution is 6.03. The number of benzene rings is 4. The summed E-state index contributed by atoms with van der Waals surface area (Å²) < 4.78 is 5.24. The zero-order chi connectivity index (χ0) is 28.2. The number of nitrogens with zero attached hydrogens (tertiary/aromatic N) is 3. The zero-order valence-electron chi connectivity index (χ0n) is 20.7. The molecule has 0 atom stereocenters. The van der Waals surface area contributed by atoms with E-state index < -0.39 is 28.2 Å². The van der Waals surface area contributed by atoms with E-state index in [0.29, 0.717) is 22.2 Å². The number of nitro benzene ring substituents is 2. The summed E-state index contributed by atoms with van der Waals surface area (Å²) in [7, 11) is 0.